The lowest BCUT2D eigenvalue weighted by Gasteiger charge is -2.24. The number of nitrogens with zero attached hydrogens (tertiary/aromatic N) is 1. The van der Waals surface area contributed by atoms with Crippen LogP contribution in [0.15, 0.2) is 24.3 Å². The van der Waals surface area contributed by atoms with E-state index in [0.717, 1.165) is 13.1 Å². The number of nitrogens with one attached hydrogen (secondary N) is 1. The molecule has 1 aromatic rings. The molecule has 0 saturated heterocycles. The molecule has 0 heterocycles. The second-order valence-electron chi connectivity index (χ2n) is 4.12. The van der Waals surface area contributed by atoms with Gasteiger partial charge in [0.25, 0.3) is 0 Å². The molecule has 0 saturated carbocycles. The number of methoxy groups -OCH3 is 1. The quantitative estimate of drug-likeness (QED) is 0.784. The number of hydrogen-bond acceptors (Lipinski definition) is 3. The van der Waals surface area contributed by atoms with Crippen molar-refractivity contribution < 1.29 is 9.13 Å². The van der Waals surface area contributed by atoms with Gasteiger partial charge in [-0.25, -0.2) is 4.39 Å². The van der Waals surface area contributed by atoms with Crippen LogP contribution in [0.3, 0.4) is 0 Å². The Kier molecular flexibility index (Phi) is 6.11. The molecule has 1 aromatic carbocycles. The molecule has 0 aromatic heterocycles. The zero-order chi connectivity index (χ0) is 12.7. The topological polar surface area (TPSA) is 24.5 Å². The van der Waals surface area contributed by atoms with Gasteiger partial charge in [-0.1, -0.05) is 18.2 Å². The van der Waals surface area contributed by atoms with Crippen molar-refractivity contribution >= 4 is 0 Å². The maximum atomic E-state index is 13.6. The summed E-state index contributed by atoms with van der Waals surface area (Å²) in [6.07, 6.45) is 0. The van der Waals surface area contributed by atoms with Crippen molar-refractivity contribution in [3.05, 3.63) is 35.6 Å². The molecule has 0 aliphatic heterocycles. The molecule has 4 heteroatoms. The molecule has 3 nitrogen and oxygen atoms in total. The highest BCUT2D eigenvalue weighted by molar-refractivity contribution is 5.21. The van der Waals surface area contributed by atoms with Crippen LogP contribution in [-0.4, -0.2) is 45.8 Å². The molecule has 96 valence electrons. The van der Waals surface area contributed by atoms with Gasteiger partial charge in [0.15, 0.2) is 0 Å². The van der Waals surface area contributed by atoms with Crippen LogP contribution >= 0.6 is 0 Å². The molecule has 1 rings (SSSR count). The minimum atomic E-state index is -0.160. The standard InChI is InChI=1S/C13H21FN2O/c1-15-13(10-16(2)8-9-17-3)11-6-4-5-7-12(11)14/h4-7,13,15H,8-10H2,1-3H3. The SMILES string of the molecule is CNC(CN(C)CCOC)c1ccccc1F. The maximum absolute atomic E-state index is 13.6. The summed E-state index contributed by atoms with van der Waals surface area (Å²) in [5, 5.41) is 3.14. The van der Waals surface area contributed by atoms with Gasteiger partial charge in [-0.15, -0.1) is 0 Å². The highest BCUT2D eigenvalue weighted by atomic mass is 19.1. The van der Waals surface area contributed by atoms with Crippen LogP contribution in [0.4, 0.5) is 4.39 Å². The van der Waals surface area contributed by atoms with Crippen LogP contribution in [-0.2, 0) is 4.74 Å². The summed E-state index contributed by atoms with van der Waals surface area (Å²) in [6, 6.07) is 6.88. The molecule has 1 atom stereocenters. The molecule has 0 fully saturated rings. The Hall–Kier alpha value is -0.970. The summed E-state index contributed by atoms with van der Waals surface area (Å²) in [5.74, 6) is -0.160. The highest BCUT2D eigenvalue weighted by Gasteiger charge is 2.15. The smallest absolute Gasteiger partial charge is 0.128 e. The molecule has 1 N–H and O–H groups in total. The number of halogens is 1. The van der Waals surface area contributed by atoms with Crippen LogP contribution in [0.25, 0.3) is 0 Å². The van der Waals surface area contributed by atoms with Crippen LogP contribution in [0.2, 0.25) is 0 Å². The number of hydrogen-bond donors (Lipinski definition) is 1. The first-order valence-corrected chi connectivity index (χ1v) is 5.78. The van der Waals surface area contributed by atoms with E-state index in [0.29, 0.717) is 12.2 Å². The van der Waals surface area contributed by atoms with Gasteiger partial charge in [-0.3, -0.25) is 0 Å². The van der Waals surface area contributed by atoms with Gasteiger partial charge in [0.05, 0.1) is 6.61 Å². The Morgan fingerprint density at radius 3 is 2.71 bits per heavy atom. The molecule has 0 bridgehead atoms. The normalized spacial score (nSPS) is 13.0. The number of rotatable bonds is 7. The number of benzene rings is 1. The molecule has 0 aliphatic rings. The summed E-state index contributed by atoms with van der Waals surface area (Å²) >= 11 is 0. The van der Waals surface area contributed by atoms with Crippen molar-refractivity contribution in [1.29, 1.82) is 0 Å². The van der Waals surface area contributed by atoms with E-state index in [1.165, 1.54) is 6.07 Å². The zero-order valence-corrected chi connectivity index (χ0v) is 10.7. The molecule has 17 heavy (non-hydrogen) atoms. The van der Waals surface area contributed by atoms with E-state index in [9.17, 15) is 4.39 Å². The van der Waals surface area contributed by atoms with Crippen molar-refractivity contribution in [2.75, 3.05) is 40.9 Å². The van der Waals surface area contributed by atoms with E-state index in [2.05, 4.69) is 10.2 Å². The van der Waals surface area contributed by atoms with Crippen LogP contribution in [0, 0.1) is 5.82 Å². The van der Waals surface area contributed by atoms with E-state index in [4.69, 9.17) is 4.74 Å². The lowest BCUT2D eigenvalue weighted by atomic mass is 10.1. The first-order valence-electron chi connectivity index (χ1n) is 5.78. The summed E-state index contributed by atoms with van der Waals surface area (Å²) < 4.78 is 18.7. The maximum Gasteiger partial charge on any atom is 0.128 e. The Labute approximate surface area is 103 Å². The molecular formula is C13H21FN2O. The fraction of sp³-hybridized carbons (Fsp3) is 0.538. The average Bonchev–Trinajstić information content (AvgIpc) is 2.34. The lowest BCUT2D eigenvalue weighted by Crippen LogP contribution is -2.33. The summed E-state index contributed by atoms with van der Waals surface area (Å²) in [6.45, 7) is 2.27. The monoisotopic (exact) mass is 240 g/mol. The highest BCUT2D eigenvalue weighted by Crippen LogP contribution is 2.17. The van der Waals surface area contributed by atoms with Gasteiger partial charge in [-0.2, -0.15) is 0 Å². The van der Waals surface area contributed by atoms with Crippen molar-refractivity contribution in [2.45, 2.75) is 6.04 Å². The van der Waals surface area contributed by atoms with Crippen molar-refractivity contribution in [3.8, 4) is 0 Å². The van der Waals surface area contributed by atoms with Gasteiger partial charge >= 0.3 is 0 Å². The molecule has 0 amide bonds. The van der Waals surface area contributed by atoms with E-state index in [1.807, 2.05) is 26.2 Å². The van der Waals surface area contributed by atoms with Crippen LogP contribution in [0.1, 0.15) is 11.6 Å². The lowest BCUT2D eigenvalue weighted by molar-refractivity contribution is 0.156. The zero-order valence-electron chi connectivity index (χ0n) is 10.7. The van der Waals surface area contributed by atoms with Gasteiger partial charge in [0.1, 0.15) is 5.82 Å². The molecule has 0 radical (unpaired) electrons. The van der Waals surface area contributed by atoms with Crippen molar-refractivity contribution in [2.24, 2.45) is 0 Å². The predicted molar refractivity (Wildman–Crippen MR) is 67.6 cm³/mol. The Morgan fingerprint density at radius 1 is 1.41 bits per heavy atom. The largest absolute Gasteiger partial charge is 0.383 e. The first kappa shape index (κ1) is 14.1. The number of ether oxygens (including phenoxy) is 1. The first-order chi connectivity index (χ1) is 8.19. The van der Waals surface area contributed by atoms with E-state index in [1.54, 1.807) is 13.2 Å². The fourth-order valence-electron chi connectivity index (χ4n) is 1.75. The van der Waals surface area contributed by atoms with Crippen LogP contribution in [0.5, 0.6) is 0 Å². The second kappa shape index (κ2) is 7.37. The Bertz CT molecular complexity index is 333. The number of likely N-dealkylation sites (N-methyl/N-ethyl adjacent to an activating group) is 2. The average molecular weight is 240 g/mol. The Morgan fingerprint density at radius 2 is 2.12 bits per heavy atom. The third-order valence-electron chi connectivity index (χ3n) is 2.80. The van der Waals surface area contributed by atoms with Crippen molar-refractivity contribution in [3.63, 3.8) is 0 Å². The summed E-state index contributed by atoms with van der Waals surface area (Å²) in [7, 11) is 5.53. The summed E-state index contributed by atoms with van der Waals surface area (Å²) in [5.41, 5.74) is 0.708. The summed E-state index contributed by atoms with van der Waals surface area (Å²) in [4.78, 5) is 2.12. The van der Waals surface area contributed by atoms with Gasteiger partial charge in [0, 0.05) is 31.8 Å². The van der Waals surface area contributed by atoms with Crippen molar-refractivity contribution in [1.82, 2.24) is 10.2 Å². The predicted octanol–water partition coefficient (Wildman–Crippen LogP) is 1.66. The second-order valence-corrected chi connectivity index (χ2v) is 4.12. The third-order valence-corrected chi connectivity index (χ3v) is 2.80. The molecule has 1 unspecified atom stereocenters. The molecule has 0 aliphatic carbocycles. The van der Waals surface area contributed by atoms with Gasteiger partial charge < -0.3 is 15.0 Å². The van der Waals surface area contributed by atoms with Gasteiger partial charge in [0.2, 0.25) is 0 Å². The van der Waals surface area contributed by atoms with Crippen LogP contribution < -0.4 is 5.32 Å². The minimum absolute atomic E-state index is 0.00180. The molecular weight excluding hydrogens is 219 g/mol. The van der Waals surface area contributed by atoms with E-state index >= 15 is 0 Å². The Balaban J connectivity index is 2.62. The molecule has 0 spiro atoms. The minimum Gasteiger partial charge on any atom is -0.383 e. The third kappa shape index (κ3) is 4.42. The van der Waals surface area contributed by atoms with E-state index in [-0.39, 0.29) is 11.9 Å². The van der Waals surface area contributed by atoms with E-state index < -0.39 is 0 Å². The van der Waals surface area contributed by atoms with Gasteiger partial charge in [-0.05, 0) is 20.2 Å². The fourth-order valence-corrected chi connectivity index (χ4v) is 1.75.